The summed E-state index contributed by atoms with van der Waals surface area (Å²) < 4.78 is 44.5. The molecule has 6 rings (SSSR count). The van der Waals surface area contributed by atoms with E-state index in [4.69, 9.17) is 37.9 Å². The van der Waals surface area contributed by atoms with Gasteiger partial charge in [-0.2, -0.15) is 0 Å². The van der Waals surface area contributed by atoms with Crippen molar-refractivity contribution < 1.29 is 114 Å². The molecule has 342 valence electrons. The Labute approximate surface area is 346 Å². The van der Waals surface area contributed by atoms with Crippen molar-refractivity contribution in [1.29, 1.82) is 0 Å². The van der Waals surface area contributed by atoms with Gasteiger partial charge in [-0.15, -0.1) is 0 Å². The molecule has 4 saturated heterocycles. The SMILES string of the molecule is OCC1OC(OC2C(CO)OC(Oc3ccc(/C=C/c4cc(O)cc(OC5OC(CO)C(OC6OC(CO)C(O)C(O)C6O)C(O)C5O)c4)cc3)C(O)C2O)C(O)C(O)C1O. The fourth-order valence-electron chi connectivity index (χ4n) is 7.19. The third-order valence-corrected chi connectivity index (χ3v) is 10.7. The monoisotopic (exact) mass is 876 g/mol. The van der Waals surface area contributed by atoms with E-state index in [2.05, 4.69) is 0 Å². The van der Waals surface area contributed by atoms with Gasteiger partial charge in [-0.25, -0.2) is 0 Å². The first kappa shape index (κ1) is 47.3. The van der Waals surface area contributed by atoms with Gasteiger partial charge in [-0.1, -0.05) is 24.3 Å². The van der Waals surface area contributed by atoms with Crippen LogP contribution >= 0.6 is 0 Å². The Morgan fingerprint density at radius 3 is 1.25 bits per heavy atom. The van der Waals surface area contributed by atoms with Crippen LogP contribution in [0.3, 0.4) is 0 Å². The number of ether oxygens (including phenoxy) is 8. The number of benzene rings is 2. The number of hydrogen-bond donors (Lipinski definition) is 15. The van der Waals surface area contributed by atoms with E-state index in [0.29, 0.717) is 11.1 Å². The Morgan fingerprint density at radius 2 is 0.803 bits per heavy atom. The highest BCUT2D eigenvalue weighted by Crippen LogP contribution is 2.33. The first-order valence-electron chi connectivity index (χ1n) is 19.2. The lowest BCUT2D eigenvalue weighted by Gasteiger charge is -2.45. The van der Waals surface area contributed by atoms with Crippen LogP contribution in [0.5, 0.6) is 17.2 Å². The highest BCUT2D eigenvalue weighted by molar-refractivity contribution is 5.71. The molecule has 20 atom stereocenters. The van der Waals surface area contributed by atoms with Gasteiger partial charge in [0.25, 0.3) is 0 Å². The predicted molar refractivity (Wildman–Crippen MR) is 198 cm³/mol. The number of aromatic hydroxyl groups is 1. The van der Waals surface area contributed by atoms with Crippen LogP contribution in [0, 0.1) is 0 Å². The molecule has 4 fully saturated rings. The molecule has 23 heteroatoms. The van der Waals surface area contributed by atoms with Crippen molar-refractivity contribution in [1.82, 2.24) is 0 Å². The molecular formula is C38H52O23. The molecular weight excluding hydrogens is 824 g/mol. The highest BCUT2D eigenvalue weighted by Gasteiger charge is 2.53. The van der Waals surface area contributed by atoms with Gasteiger partial charge < -0.3 is 114 Å². The van der Waals surface area contributed by atoms with Crippen molar-refractivity contribution in [3.8, 4) is 17.2 Å². The van der Waals surface area contributed by atoms with Gasteiger partial charge in [0.1, 0.15) is 115 Å². The van der Waals surface area contributed by atoms with E-state index < -0.39 is 149 Å². The molecule has 15 N–H and O–H groups in total. The predicted octanol–water partition coefficient (Wildman–Crippen LogP) is -6.43. The van der Waals surface area contributed by atoms with Crippen LogP contribution in [0.4, 0.5) is 0 Å². The molecule has 0 aromatic heterocycles. The fraction of sp³-hybridized carbons (Fsp3) is 0.632. The van der Waals surface area contributed by atoms with Crippen LogP contribution in [0.2, 0.25) is 0 Å². The first-order chi connectivity index (χ1) is 29.1. The summed E-state index contributed by atoms with van der Waals surface area (Å²) in [6.07, 6.45) is -29.5. The number of aliphatic hydroxyl groups excluding tert-OH is 14. The summed E-state index contributed by atoms with van der Waals surface area (Å²) in [6, 6.07) is 10.3. The Kier molecular flexibility index (Phi) is 15.9. The average Bonchev–Trinajstić information content (AvgIpc) is 3.25. The van der Waals surface area contributed by atoms with Crippen molar-refractivity contribution in [2.75, 3.05) is 26.4 Å². The van der Waals surface area contributed by atoms with Gasteiger partial charge >= 0.3 is 0 Å². The summed E-state index contributed by atoms with van der Waals surface area (Å²) in [5.41, 5.74) is 1.00. The van der Waals surface area contributed by atoms with Gasteiger partial charge in [-0.3, -0.25) is 0 Å². The molecule has 2 aromatic rings. The molecule has 2 aromatic carbocycles. The normalized spacial score (nSPS) is 42.1. The topological polar surface area (TPSA) is 377 Å². The molecule has 4 heterocycles. The van der Waals surface area contributed by atoms with E-state index in [-0.39, 0.29) is 17.2 Å². The zero-order valence-electron chi connectivity index (χ0n) is 32.0. The fourth-order valence-corrected chi connectivity index (χ4v) is 7.19. The van der Waals surface area contributed by atoms with E-state index in [1.54, 1.807) is 24.3 Å². The van der Waals surface area contributed by atoms with Crippen LogP contribution in [-0.4, -0.2) is 226 Å². The quantitative estimate of drug-likeness (QED) is 0.0785. The summed E-state index contributed by atoms with van der Waals surface area (Å²) in [5, 5.41) is 154. The van der Waals surface area contributed by atoms with E-state index in [0.717, 1.165) is 0 Å². The Bertz CT molecular complexity index is 1710. The Hall–Kier alpha value is -3.22. The lowest BCUT2D eigenvalue weighted by atomic mass is 9.97. The van der Waals surface area contributed by atoms with E-state index in [1.165, 1.54) is 30.3 Å². The van der Waals surface area contributed by atoms with Gasteiger partial charge in [-0.05, 0) is 35.4 Å². The molecule has 23 nitrogen and oxygen atoms in total. The molecule has 20 unspecified atom stereocenters. The number of aliphatic hydroxyl groups is 14. The average molecular weight is 877 g/mol. The minimum atomic E-state index is -1.84. The van der Waals surface area contributed by atoms with E-state index >= 15 is 0 Å². The van der Waals surface area contributed by atoms with E-state index in [1.807, 2.05) is 0 Å². The second kappa shape index (κ2) is 20.5. The van der Waals surface area contributed by atoms with Crippen molar-refractivity contribution in [3.63, 3.8) is 0 Å². The molecule has 4 aliphatic heterocycles. The molecule has 0 bridgehead atoms. The minimum absolute atomic E-state index is 0.0279. The molecule has 0 aliphatic carbocycles. The van der Waals surface area contributed by atoms with Crippen molar-refractivity contribution in [2.45, 2.75) is 123 Å². The molecule has 61 heavy (non-hydrogen) atoms. The number of phenols is 1. The lowest BCUT2D eigenvalue weighted by molar-refractivity contribution is -0.352. The highest BCUT2D eigenvalue weighted by atomic mass is 16.8. The molecule has 0 saturated carbocycles. The maximum atomic E-state index is 10.9. The van der Waals surface area contributed by atoms with Crippen molar-refractivity contribution in [2.24, 2.45) is 0 Å². The first-order valence-corrected chi connectivity index (χ1v) is 19.2. The minimum Gasteiger partial charge on any atom is -0.508 e. The summed E-state index contributed by atoms with van der Waals surface area (Å²) in [4.78, 5) is 0. The molecule has 0 radical (unpaired) electrons. The Morgan fingerprint density at radius 1 is 0.410 bits per heavy atom. The second-order valence-corrected chi connectivity index (χ2v) is 14.9. The summed E-state index contributed by atoms with van der Waals surface area (Å²) in [6.45, 7) is -3.02. The number of hydrogen-bond acceptors (Lipinski definition) is 23. The van der Waals surface area contributed by atoms with Gasteiger partial charge in [0.05, 0.1) is 26.4 Å². The Balaban J connectivity index is 1.05. The van der Waals surface area contributed by atoms with Crippen LogP contribution in [0.25, 0.3) is 12.2 Å². The van der Waals surface area contributed by atoms with Crippen molar-refractivity contribution in [3.05, 3.63) is 53.6 Å². The van der Waals surface area contributed by atoms with Crippen LogP contribution in [0.1, 0.15) is 11.1 Å². The summed E-state index contributed by atoms with van der Waals surface area (Å²) >= 11 is 0. The van der Waals surface area contributed by atoms with Crippen LogP contribution in [0.15, 0.2) is 42.5 Å². The molecule has 0 spiro atoms. The summed E-state index contributed by atoms with van der Waals surface area (Å²) in [7, 11) is 0. The van der Waals surface area contributed by atoms with Crippen molar-refractivity contribution >= 4 is 12.2 Å². The smallest absolute Gasteiger partial charge is 0.229 e. The summed E-state index contributed by atoms with van der Waals surface area (Å²) in [5.74, 6) is -0.119. The largest absolute Gasteiger partial charge is 0.508 e. The number of phenolic OH excluding ortho intramolecular Hbond substituents is 1. The standard InChI is InChI=1S/C38H52O23/c39-10-19-23(44)25(46)29(50)37(56-19)60-33-21(12-41)58-35(31(52)27(33)48)54-17-5-3-14(4-6-17)1-2-15-7-16(43)9-18(8-15)55-36-32(53)28(49)34(22(13-42)59-36)61-38-30(51)26(47)24(45)20(11-40)57-38/h1-9,19-53H,10-13H2/b2-1+. The second-order valence-electron chi connectivity index (χ2n) is 14.9. The third-order valence-electron chi connectivity index (χ3n) is 10.7. The zero-order chi connectivity index (χ0) is 44.3. The van der Waals surface area contributed by atoms with Gasteiger partial charge in [0.2, 0.25) is 12.6 Å². The van der Waals surface area contributed by atoms with E-state index in [9.17, 15) is 76.6 Å². The maximum absolute atomic E-state index is 10.9. The van der Waals surface area contributed by atoms with Gasteiger partial charge in [0, 0.05) is 6.07 Å². The van der Waals surface area contributed by atoms with Crippen LogP contribution in [-0.2, 0) is 28.4 Å². The lowest BCUT2D eigenvalue weighted by Crippen LogP contribution is -2.65. The number of rotatable bonds is 14. The maximum Gasteiger partial charge on any atom is 0.229 e. The third kappa shape index (κ3) is 10.4. The zero-order valence-corrected chi connectivity index (χ0v) is 32.0. The van der Waals surface area contributed by atoms with Crippen LogP contribution < -0.4 is 9.47 Å². The molecule has 4 aliphatic rings. The molecule has 0 amide bonds. The van der Waals surface area contributed by atoms with Gasteiger partial charge in [0.15, 0.2) is 12.6 Å².